The Bertz CT molecular complexity index is 68.4. The van der Waals surface area contributed by atoms with E-state index in [1.54, 1.807) is 11.3 Å². The zero-order valence-electron chi connectivity index (χ0n) is 9.07. The normalized spacial score (nSPS) is 15.8. The number of rotatable bonds is 9. The highest BCUT2D eigenvalue weighted by molar-refractivity contribution is 6.70. The summed E-state index contributed by atoms with van der Waals surface area (Å²) in [6.45, 7) is 2.49. The Labute approximate surface area is 92.6 Å². The molecule has 0 aliphatic heterocycles. The van der Waals surface area contributed by atoms with Gasteiger partial charge in [-0.1, -0.05) is 34.9 Å². The van der Waals surface area contributed by atoms with Crippen LogP contribution in [-0.2, 0) is 0 Å². The van der Waals surface area contributed by atoms with E-state index in [-0.39, 0.29) is 0 Å². The summed E-state index contributed by atoms with van der Waals surface area (Å²) in [6, 6.07) is 0. The van der Waals surface area contributed by atoms with E-state index >= 15 is 0 Å². The molecular formula is C6H26Si6. The lowest BCUT2D eigenvalue weighted by Crippen LogP contribution is -2.05. The molecule has 0 aromatic carbocycles. The van der Waals surface area contributed by atoms with E-state index in [0.29, 0.717) is 47.6 Å². The van der Waals surface area contributed by atoms with Gasteiger partial charge in [0.25, 0.3) is 0 Å². The van der Waals surface area contributed by atoms with Crippen LogP contribution in [0, 0.1) is 0 Å². The highest BCUT2D eigenvalue weighted by Gasteiger charge is 1.92. The molecule has 0 fully saturated rings. The van der Waals surface area contributed by atoms with Gasteiger partial charge in [0.05, 0.1) is 0 Å². The first-order chi connectivity index (χ1) is 5.91. The molecule has 0 aliphatic rings. The molecule has 0 amide bonds. The highest BCUT2D eigenvalue weighted by Crippen LogP contribution is 1.89. The molecule has 0 spiro atoms. The molecule has 0 aromatic rings. The van der Waals surface area contributed by atoms with Crippen molar-refractivity contribution in [2.24, 2.45) is 0 Å². The molecule has 0 atom stereocenters. The van der Waals surface area contributed by atoms with Crippen LogP contribution in [-0.4, -0.2) is 57.8 Å². The van der Waals surface area contributed by atoms with Crippen molar-refractivity contribution in [2.75, 3.05) is 0 Å². The van der Waals surface area contributed by atoms with Crippen molar-refractivity contribution in [3.63, 3.8) is 0 Å². The van der Waals surface area contributed by atoms with Gasteiger partial charge in [-0.3, -0.25) is 0 Å². The van der Waals surface area contributed by atoms with Gasteiger partial charge < -0.3 is 0 Å². The summed E-state index contributed by atoms with van der Waals surface area (Å²) in [4.78, 5) is 0. The monoisotopic (exact) mass is 266 g/mol. The standard InChI is InChI=1S/C6H26Si6/c1-8-3-10-5-12-6-11-4-9-2-7/h2-6,8-12H2,1,7H3. The minimum absolute atomic E-state index is 0.473. The summed E-state index contributed by atoms with van der Waals surface area (Å²) in [7, 11) is 4.15. The van der Waals surface area contributed by atoms with Gasteiger partial charge in [-0.05, 0) is 10.2 Å². The van der Waals surface area contributed by atoms with E-state index in [0.717, 1.165) is 0 Å². The maximum absolute atomic E-state index is 2.49. The maximum Gasteiger partial charge on any atom is 0.0135 e. The zero-order valence-corrected chi connectivity index (χ0v) is 18.1. The van der Waals surface area contributed by atoms with Crippen LogP contribution in [0.5, 0.6) is 0 Å². The van der Waals surface area contributed by atoms with Crippen LogP contribution in [0.1, 0.15) is 0 Å². The van der Waals surface area contributed by atoms with E-state index in [9.17, 15) is 0 Å². The summed E-state index contributed by atoms with van der Waals surface area (Å²) in [5.74, 6) is 0. The second-order valence-electron chi connectivity index (χ2n) is 3.83. The molecule has 0 unspecified atom stereocenters. The second kappa shape index (κ2) is 12.3. The first-order valence-corrected chi connectivity index (χ1v) is 17.7. The van der Waals surface area contributed by atoms with Gasteiger partial charge in [-0.25, -0.2) is 0 Å². The lowest BCUT2D eigenvalue weighted by Gasteiger charge is -1.97. The Kier molecular flexibility index (Phi) is 13.6. The summed E-state index contributed by atoms with van der Waals surface area (Å²) >= 11 is 0. The van der Waals surface area contributed by atoms with E-state index < -0.39 is 0 Å². The third-order valence-electron chi connectivity index (χ3n) is 2.46. The lowest BCUT2D eigenvalue weighted by atomic mass is 11.8. The lowest BCUT2D eigenvalue weighted by molar-refractivity contribution is 1.75. The first-order valence-electron chi connectivity index (χ1n) is 5.91. The molecule has 0 N–H and O–H groups in total. The SMILES string of the molecule is C[SiH2]C[SiH2]C[SiH2]C[SiH2]C[SiH2]C[SiH3]. The first kappa shape index (κ1) is 13.3. The average Bonchev–Trinajstić information content (AvgIpc) is 2.10. The Morgan fingerprint density at radius 3 is 1.83 bits per heavy atom. The summed E-state index contributed by atoms with van der Waals surface area (Å²) in [5.41, 5.74) is 9.03. The van der Waals surface area contributed by atoms with Crippen LogP contribution in [0.25, 0.3) is 0 Å². The van der Waals surface area contributed by atoms with Crippen molar-refractivity contribution in [3.8, 4) is 0 Å². The van der Waals surface area contributed by atoms with Gasteiger partial charge in [-0.2, -0.15) is 0 Å². The zero-order chi connectivity index (χ0) is 9.07. The van der Waals surface area contributed by atoms with Crippen LogP contribution in [0.4, 0.5) is 0 Å². The van der Waals surface area contributed by atoms with Crippen LogP contribution in [0.15, 0.2) is 0 Å². The molecule has 0 rings (SSSR count). The van der Waals surface area contributed by atoms with Crippen molar-refractivity contribution in [3.05, 3.63) is 0 Å². The van der Waals surface area contributed by atoms with Crippen molar-refractivity contribution in [2.45, 2.75) is 34.9 Å². The fraction of sp³-hybridized carbons (Fsp3) is 1.00. The van der Waals surface area contributed by atoms with Gasteiger partial charge in [-0.15, -0.1) is 0 Å². The van der Waals surface area contributed by atoms with Crippen molar-refractivity contribution < 1.29 is 0 Å². The van der Waals surface area contributed by atoms with Gasteiger partial charge in [0.2, 0.25) is 0 Å². The summed E-state index contributed by atoms with van der Waals surface area (Å²) in [5, 5.41) is 0. The summed E-state index contributed by atoms with van der Waals surface area (Å²) < 4.78 is 0. The Morgan fingerprint density at radius 1 is 0.833 bits per heavy atom. The molecule has 6 heteroatoms. The number of hydrogen-bond acceptors (Lipinski definition) is 0. The van der Waals surface area contributed by atoms with Crippen LogP contribution >= 0.6 is 0 Å². The predicted molar refractivity (Wildman–Crippen MR) is 82.6 cm³/mol. The number of hydrogen-bond donors (Lipinski definition) is 0. The van der Waals surface area contributed by atoms with E-state index in [1.165, 1.54) is 10.2 Å². The maximum atomic E-state index is 2.49. The second-order valence-corrected chi connectivity index (χ2v) is 23.0. The smallest absolute Gasteiger partial charge is 0.0135 e. The molecule has 0 nitrogen and oxygen atoms in total. The van der Waals surface area contributed by atoms with Gasteiger partial charge in [0, 0.05) is 47.6 Å². The van der Waals surface area contributed by atoms with E-state index in [2.05, 4.69) is 6.55 Å². The molecule has 0 radical (unpaired) electrons. The fourth-order valence-electron chi connectivity index (χ4n) is 1.56. The Hall–Kier alpha value is 1.30. The highest BCUT2D eigenvalue weighted by atomic mass is 28.3. The molecule has 0 aromatic heterocycles. The van der Waals surface area contributed by atoms with Crippen LogP contribution < -0.4 is 0 Å². The molecule has 74 valence electrons. The molecule has 0 bridgehead atoms. The molecule has 0 saturated heterocycles. The molecular weight excluding hydrogens is 241 g/mol. The minimum Gasteiger partial charge on any atom is -0.0752 e. The van der Waals surface area contributed by atoms with E-state index in [4.69, 9.17) is 0 Å². The van der Waals surface area contributed by atoms with Gasteiger partial charge in [0.1, 0.15) is 0 Å². The largest absolute Gasteiger partial charge is 0.0752 e. The van der Waals surface area contributed by atoms with Crippen LogP contribution in [0.3, 0.4) is 0 Å². The van der Waals surface area contributed by atoms with Crippen LogP contribution in [0.2, 0.25) is 34.9 Å². The quantitative estimate of drug-likeness (QED) is 0.311. The average molecular weight is 267 g/mol. The van der Waals surface area contributed by atoms with Gasteiger partial charge in [0.15, 0.2) is 0 Å². The minimum atomic E-state index is 0.473. The van der Waals surface area contributed by atoms with Crippen molar-refractivity contribution >= 4 is 57.8 Å². The Morgan fingerprint density at radius 2 is 1.33 bits per heavy atom. The fourth-order valence-corrected chi connectivity index (χ4v) is 28.1. The topological polar surface area (TPSA) is 0 Å². The van der Waals surface area contributed by atoms with Crippen molar-refractivity contribution in [1.82, 2.24) is 0 Å². The summed E-state index contributed by atoms with van der Waals surface area (Å²) in [6.07, 6.45) is 0. The molecule has 0 aliphatic carbocycles. The third-order valence-corrected chi connectivity index (χ3v) is 22.1. The molecule has 0 heterocycles. The van der Waals surface area contributed by atoms with Crippen molar-refractivity contribution in [1.29, 1.82) is 0 Å². The van der Waals surface area contributed by atoms with Gasteiger partial charge >= 0.3 is 0 Å². The molecule has 0 saturated carbocycles. The Balaban J connectivity index is 2.73. The van der Waals surface area contributed by atoms with E-state index in [1.807, 2.05) is 17.0 Å². The molecule has 12 heavy (non-hydrogen) atoms. The predicted octanol–water partition coefficient (Wildman–Crippen LogP) is -2.88. The third kappa shape index (κ3) is 11.3.